The van der Waals surface area contributed by atoms with E-state index < -0.39 is 6.04 Å². The van der Waals surface area contributed by atoms with Crippen LogP contribution in [0.3, 0.4) is 0 Å². The number of nitriles is 1. The van der Waals surface area contributed by atoms with E-state index in [0.717, 1.165) is 9.26 Å². The lowest BCUT2D eigenvalue weighted by Crippen LogP contribution is -2.32. The van der Waals surface area contributed by atoms with Gasteiger partial charge in [0.2, 0.25) is 5.91 Å². The van der Waals surface area contributed by atoms with Crippen LogP contribution in [0, 0.1) is 14.9 Å². The Morgan fingerprint density at radius 2 is 2.00 bits per heavy atom. The lowest BCUT2D eigenvalue weighted by Gasteiger charge is -2.16. The zero-order chi connectivity index (χ0) is 15.2. The molecular formula is C16H14IN3O. The van der Waals surface area contributed by atoms with Crippen molar-refractivity contribution in [3.63, 3.8) is 0 Å². The number of nitrogens with one attached hydrogen (secondary N) is 2. The zero-order valence-corrected chi connectivity index (χ0v) is 13.6. The van der Waals surface area contributed by atoms with Crippen molar-refractivity contribution in [1.29, 1.82) is 5.26 Å². The second kappa shape index (κ2) is 7.09. The molecule has 0 radical (unpaired) electrons. The Morgan fingerprint density at radius 1 is 1.24 bits per heavy atom. The van der Waals surface area contributed by atoms with Gasteiger partial charge in [-0.15, -0.1) is 0 Å². The largest absolute Gasteiger partial charge is 0.374 e. The minimum atomic E-state index is -0.407. The van der Waals surface area contributed by atoms with Gasteiger partial charge in [-0.25, -0.2) is 0 Å². The summed E-state index contributed by atoms with van der Waals surface area (Å²) < 4.78 is 1.10. The van der Waals surface area contributed by atoms with E-state index in [1.54, 1.807) is 31.2 Å². The van der Waals surface area contributed by atoms with E-state index in [2.05, 4.69) is 39.3 Å². The lowest BCUT2D eigenvalue weighted by molar-refractivity contribution is -0.116. The number of rotatable bonds is 4. The first kappa shape index (κ1) is 15.3. The first-order valence-corrected chi connectivity index (χ1v) is 7.50. The summed E-state index contributed by atoms with van der Waals surface area (Å²) in [6.07, 6.45) is 0. The quantitative estimate of drug-likeness (QED) is 0.783. The smallest absolute Gasteiger partial charge is 0.246 e. The fourth-order valence-electron chi connectivity index (χ4n) is 1.82. The predicted molar refractivity (Wildman–Crippen MR) is 92.0 cm³/mol. The Labute approximate surface area is 137 Å². The molecule has 0 saturated carbocycles. The topological polar surface area (TPSA) is 64.9 Å². The van der Waals surface area contributed by atoms with Crippen LogP contribution >= 0.6 is 22.6 Å². The maximum atomic E-state index is 12.2. The van der Waals surface area contributed by atoms with Gasteiger partial charge in [0.15, 0.2) is 0 Å². The molecule has 0 bridgehead atoms. The number of para-hydroxylation sites is 1. The molecule has 5 heteroatoms. The van der Waals surface area contributed by atoms with Crippen molar-refractivity contribution in [3.8, 4) is 6.07 Å². The Morgan fingerprint density at radius 3 is 2.71 bits per heavy atom. The Bertz CT molecular complexity index is 694. The van der Waals surface area contributed by atoms with Crippen molar-refractivity contribution in [2.24, 2.45) is 0 Å². The van der Waals surface area contributed by atoms with Crippen LogP contribution in [0.5, 0.6) is 0 Å². The van der Waals surface area contributed by atoms with Gasteiger partial charge in [0, 0.05) is 9.26 Å². The van der Waals surface area contributed by atoms with Crippen molar-refractivity contribution >= 4 is 39.9 Å². The van der Waals surface area contributed by atoms with Gasteiger partial charge in [0.1, 0.15) is 12.1 Å². The average Bonchev–Trinajstić information content (AvgIpc) is 2.47. The van der Waals surface area contributed by atoms with Gasteiger partial charge in [-0.3, -0.25) is 4.79 Å². The van der Waals surface area contributed by atoms with E-state index in [-0.39, 0.29) is 5.91 Å². The minimum Gasteiger partial charge on any atom is -0.374 e. The van der Waals surface area contributed by atoms with Crippen LogP contribution in [0.15, 0.2) is 48.5 Å². The molecule has 1 atom stereocenters. The summed E-state index contributed by atoms with van der Waals surface area (Å²) in [6, 6.07) is 16.4. The van der Waals surface area contributed by atoms with Crippen LogP contribution in [-0.2, 0) is 4.79 Å². The summed E-state index contributed by atoms with van der Waals surface area (Å²) in [5.74, 6) is -0.184. The van der Waals surface area contributed by atoms with Gasteiger partial charge < -0.3 is 10.6 Å². The number of hydrogen-bond donors (Lipinski definition) is 2. The Hall–Kier alpha value is -2.07. The van der Waals surface area contributed by atoms with Gasteiger partial charge in [-0.05, 0) is 59.8 Å². The van der Waals surface area contributed by atoms with Crippen LogP contribution in [0.1, 0.15) is 12.5 Å². The molecule has 0 fully saturated rings. The second-order valence-electron chi connectivity index (χ2n) is 4.52. The van der Waals surface area contributed by atoms with E-state index >= 15 is 0 Å². The summed E-state index contributed by atoms with van der Waals surface area (Å²) in [5.41, 5.74) is 1.87. The molecule has 0 aromatic heterocycles. The van der Waals surface area contributed by atoms with Gasteiger partial charge in [0.05, 0.1) is 11.3 Å². The van der Waals surface area contributed by atoms with Crippen molar-refractivity contribution in [1.82, 2.24) is 0 Å². The SMILES string of the molecule is CC(Nc1cccc(I)c1)C(=O)Nc1ccccc1C#N. The molecule has 21 heavy (non-hydrogen) atoms. The molecule has 0 spiro atoms. The number of carbonyl (C=O) groups excluding carboxylic acids is 1. The average molecular weight is 391 g/mol. The minimum absolute atomic E-state index is 0.184. The molecule has 2 N–H and O–H groups in total. The van der Waals surface area contributed by atoms with Crippen LogP contribution < -0.4 is 10.6 Å². The number of halogens is 1. The van der Waals surface area contributed by atoms with E-state index in [1.165, 1.54) is 0 Å². The summed E-state index contributed by atoms with van der Waals surface area (Å²) >= 11 is 2.22. The third-order valence-electron chi connectivity index (χ3n) is 2.91. The van der Waals surface area contributed by atoms with Gasteiger partial charge in [-0.1, -0.05) is 18.2 Å². The number of carbonyl (C=O) groups is 1. The highest BCUT2D eigenvalue weighted by Gasteiger charge is 2.14. The van der Waals surface area contributed by atoms with Crippen molar-refractivity contribution < 1.29 is 4.79 Å². The van der Waals surface area contributed by atoms with E-state index in [9.17, 15) is 4.79 Å². The van der Waals surface area contributed by atoms with Crippen molar-refractivity contribution in [2.45, 2.75) is 13.0 Å². The molecule has 1 amide bonds. The van der Waals surface area contributed by atoms with E-state index in [1.807, 2.05) is 24.3 Å². The fourth-order valence-corrected chi connectivity index (χ4v) is 2.37. The van der Waals surface area contributed by atoms with E-state index in [4.69, 9.17) is 5.26 Å². The molecule has 1 unspecified atom stereocenters. The fraction of sp³-hybridized carbons (Fsp3) is 0.125. The zero-order valence-electron chi connectivity index (χ0n) is 11.4. The molecule has 0 heterocycles. The molecular weight excluding hydrogens is 377 g/mol. The van der Waals surface area contributed by atoms with Crippen LogP contribution in [0.4, 0.5) is 11.4 Å². The number of nitrogens with zero attached hydrogens (tertiary/aromatic N) is 1. The molecule has 2 rings (SSSR count). The number of hydrogen-bond acceptors (Lipinski definition) is 3. The van der Waals surface area contributed by atoms with Crippen molar-refractivity contribution in [2.75, 3.05) is 10.6 Å². The third kappa shape index (κ3) is 4.20. The summed E-state index contributed by atoms with van der Waals surface area (Å²) in [4.78, 5) is 12.2. The predicted octanol–water partition coefficient (Wildman–Crippen LogP) is 3.60. The molecule has 2 aromatic carbocycles. The number of anilines is 2. The number of benzene rings is 2. The van der Waals surface area contributed by atoms with Crippen molar-refractivity contribution in [3.05, 3.63) is 57.7 Å². The standard InChI is InChI=1S/C16H14IN3O/c1-11(19-14-7-4-6-13(17)9-14)16(21)20-15-8-3-2-5-12(15)10-18/h2-9,11,19H,1H3,(H,20,21). The summed E-state index contributed by atoms with van der Waals surface area (Å²) in [5, 5.41) is 14.9. The molecule has 4 nitrogen and oxygen atoms in total. The Balaban J connectivity index is 2.05. The van der Waals surface area contributed by atoms with Gasteiger partial charge in [-0.2, -0.15) is 5.26 Å². The normalized spacial score (nSPS) is 11.3. The first-order chi connectivity index (χ1) is 10.1. The van der Waals surface area contributed by atoms with Crippen LogP contribution in [0.2, 0.25) is 0 Å². The Kier molecular flexibility index (Phi) is 5.17. The monoisotopic (exact) mass is 391 g/mol. The molecule has 0 saturated heterocycles. The summed E-state index contributed by atoms with van der Waals surface area (Å²) in [6.45, 7) is 1.78. The van der Waals surface area contributed by atoms with Crippen LogP contribution in [0.25, 0.3) is 0 Å². The highest BCUT2D eigenvalue weighted by atomic mass is 127. The molecule has 106 valence electrons. The molecule has 0 aliphatic carbocycles. The highest BCUT2D eigenvalue weighted by Crippen LogP contribution is 2.16. The molecule has 0 aliphatic heterocycles. The third-order valence-corrected chi connectivity index (χ3v) is 3.58. The summed E-state index contributed by atoms with van der Waals surface area (Å²) in [7, 11) is 0. The first-order valence-electron chi connectivity index (χ1n) is 6.42. The molecule has 0 aliphatic rings. The van der Waals surface area contributed by atoms with Gasteiger partial charge in [0.25, 0.3) is 0 Å². The second-order valence-corrected chi connectivity index (χ2v) is 5.77. The maximum Gasteiger partial charge on any atom is 0.246 e. The van der Waals surface area contributed by atoms with Crippen LogP contribution in [-0.4, -0.2) is 11.9 Å². The van der Waals surface area contributed by atoms with Gasteiger partial charge >= 0.3 is 0 Å². The molecule has 2 aromatic rings. The highest BCUT2D eigenvalue weighted by molar-refractivity contribution is 14.1. The lowest BCUT2D eigenvalue weighted by atomic mass is 10.2. The number of amides is 1. The maximum absolute atomic E-state index is 12.2. The van der Waals surface area contributed by atoms with E-state index in [0.29, 0.717) is 11.3 Å².